The number of aryl methyl sites for hydroxylation is 1. The largest absolute Gasteiger partial charge is 0.492 e. The summed E-state index contributed by atoms with van der Waals surface area (Å²) in [5, 5.41) is 9.04. The Labute approximate surface area is 128 Å². The molecule has 3 heteroatoms. The van der Waals surface area contributed by atoms with Gasteiger partial charge < -0.3 is 4.74 Å². The number of hydrogen-bond donors (Lipinski definition) is 0. The molecular weight excluding hydrogens is 314 g/mol. The Balaban J connectivity index is 1.75. The van der Waals surface area contributed by atoms with Gasteiger partial charge in [0, 0.05) is 4.47 Å². The molecule has 0 fully saturated rings. The van der Waals surface area contributed by atoms with Crippen LogP contribution in [0.25, 0.3) is 0 Å². The van der Waals surface area contributed by atoms with E-state index in [0.717, 1.165) is 23.7 Å². The Morgan fingerprint density at radius 2 is 1.85 bits per heavy atom. The van der Waals surface area contributed by atoms with Gasteiger partial charge in [0.2, 0.25) is 0 Å². The van der Waals surface area contributed by atoms with E-state index in [1.807, 2.05) is 18.2 Å². The van der Waals surface area contributed by atoms with Gasteiger partial charge in [0.25, 0.3) is 0 Å². The first kappa shape index (κ1) is 14.6. The second-order valence-electron chi connectivity index (χ2n) is 4.54. The molecule has 0 unspecified atom stereocenters. The van der Waals surface area contributed by atoms with E-state index in [0.29, 0.717) is 17.9 Å². The second-order valence-corrected chi connectivity index (χ2v) is 5.46. The number of nitrogens with zero attached hydrogens (tertiary/aromatic N) is 1. The van der Waals surface area contributed by atoms with Gasteiger partial charge in [-0.25, -0.2) is 0 Å². The highest BCUT2D eigenvalue weighted by molar-refractivity contribution is 9.10. The minimum Gasteiger partial charge on any atom is -0.492 e. The van der Waals surface area contributed by atoms with E-state index in [2.05, 4.69) is 46.3 Å². The van der Waals surface area contributed by atoms with Gasteiger partial charge in [-0.05, 0) is 43.0 Å². The Morgan fingerprint density at radius 3 is 2.60 bits per heavy atom. The topological polar surface area (TPSA) is 33.0 Å². The maximum absolute atomic E-state index is 9.04. The van der Waals surface area contributed by atoms with Crippen LogP contribution in [0, 0.1) is 11.3 Å². The summed E-state index contributed by atoms with van der Waals surface area (Å²) in [6.45, 7) is 0.642. The molecule has 0 atom stereocenters. The number of halogens is 1. The first-order valence-corrected chi connectivity index (χ1v) is 7.45. The maximum Gasteiger partial charge on any atom is 0.137 e. The minimum atomic E-state index is 0.572. The van der Waals surface area contributed by atoms with Gasteiger partial charge >= 0.3 is 0 Å². The highest BCUT2D eigenvalue weighted by atomic mass is 79.9. The van der Waals surface area contributed by atoms with Crippen LogP contribution in [0.4, 0.5) is 0 Å². The summed E-state index contributed by atoms with van der Waals surface area (Å²) in [6.07, 6.45) is 3.13. The fourth-order valence-corrected chi connectivity index (χ4v) is 2.33. The van der Waals surface area contributed by atoms with Crippen LogP contribution in [-0.4, -0.2) is 6.61 Å². The third kappa shape index (κ3) is 4.40. The van der Waals surface area contributed by atoms with Crippen LogP contribution in [0.15, 0.2) is 53.0 Å². The smallest absolute Gasteiger partial charge is 0.137 e. The van der Waals surface area contributed by atoms with Gasteiger partial charge in [0.05, 0.1) is 12.2 Å². The summed E-state index contributed by atoms with van der Waals surface area (Å²) >= 11 is 3.35. The minimum absolute atomic E-state index is 0.572. The predicted octanol–water partition coefficient (Wildman–Crippen LogP) is 4.72. The average Bonchev–Trinajstić information content (AvgIpc) is 2.49. The third-order valence-electron chi connectivity index (χ3n) is 3.02. The Kier molecular flexibility index (Phi) is 5.64. The van der Waals surface area contributed by atoms with Crippen LogP contribution in [0.1, 0.15) is 24.0 Å². The molecule has 0 bridgehead atoms. The van der Waals surface area contributed by atoms with Crippen molar-refractivity contribution in [3.63, 3.8) is 0 Å². The van der Waals surface area contributed by atoms with Gasteiger partial charge in [0.1, 0.15) is 11.8 Å². The number of rotatable bonds is 6. The Morgan fingerprint density at radius 1 is 1.05 bits per heavy atom. The van der Waals surface area contributed by atoms with E-state index >= 15 is 0 Å². The van der Waals surface area contributed by atoms with Crippen molar-refractivity contribution in [2.75, 3.05) is 6.61 Å². The van der Waals surface area contributed by atoms with E-state index < -0.39 is 0 Å². The molecule has 0 aliphatic carbocycles. The van der Waals surface area contributed by atoms with Crippen molar-refractivity contribution >= 4 is 15.9 Å². The van der Waals surface area contributed by atoms with Crippen molar-refractivity contribution in [1.29, 1.82) is 5.26 Å². The van der Waals surface area contributed by atoms with Crippen molar-refractivity contribution in [3.05, 3.63) is 64.1 Å². The van der Waals surface area contributed by atoms with Gasteiger partial charge in [0.15, 0.2) is 0 Å². The molecule has 0 N–H and O–H groups in total. The molecule has 0 aliphatic heterocycles. The van der Waals surface area contributed by atoms with Gasteiger partial charge in [-0.3, -0.25) is 0 Å². The van der Waals surface area contributed by atoms with Gasteiger partial charge in [-0.2, -0.15) is 5.26 Å². The van der Waals surface area contributed by atoms with Crippen molar-refractivity contribution in [2.45, 2.75) is 19.3 Å². The number of unbranched alkanes of at least 4 members (excludes halogenated alkanes) is 1. The van der Waals surface area contributed by atoms with Crippen LogP contribution in [-0.2, 0) is 6.42 Å². The summed E-state index contributed by atoms with van der Waals surface area (Å²) in [6, 6.07) is 18.1. The lowest BCUT2D eigenvalue weighted by Crippen LogP contribution is -2.00. The molecule has 2 aromatic carbocycles. The van der Waals surface area contributed by atoms with Crippen LogP contribution in [0.3, 0.4) is 0 Å². The number of nitriles is 1. The van der Waals surface area contributed by atoms with Crippen molar-refractivity contribution in [1.82, 2.24) is 0 Å². The number of ether oxygens (including phenoxy) is 1. The van der Waals surface area contributed by atoms with E-state index in [9.17, 15) is 0 Å². The van der Waals surface area contributed by atoms with E-state index in [1.54, 1.807) is 6.07 Å². The average molecular weight is 330 g/mol. The fraction of sp³-hybridized carbons (Fsp3) is 0.235. The predicted molar refractivity (Wildman–Crippen MR) is 83.7 cm³/mol. The molecule has 2 nitrogen and oxygen atoms in total. The number of benzene rings is 2. The summed E-state index contributed by atoms with van der Waals surface area (Å²) < 4.78 is 6.57. The molecule has 20 heavy (non-hydrogen) atoms. The first-order chi connectivity index (χ1) is 9.79. The normalized spacial score (nSPS) is 10.0. The second kappa shape index (κ2) is 7.72. The molecule has 102 valence electrons. The molecule has 0 amide bonds. The maximum atomic E-state index is 9.04. The van der Waals surface area contributed by atoms with Crippen molar-refractivity contribution < 1.29 is 4.74 Å². The molecular formula is C17H16BrNO. The van der Waals surface area contributed by atoms with Crippen LogP contribution < -0.4 is 4.74 Å². The zero-order valence-electron chi connectivity index (χ0n) is 11.2. The molecule has 2 rings (SSSR count). The summed E-state index contributed by atoms with van der Waals surface area (Å²) in [7, 11) is 0. The standard InChI is InChI=1S/C17H16BrNO/c18-16-9-10-17(15(12-16)13-19)20-11-5-4-8-14-6-2-1-3-7-14/h1-3,6-7,9-10,12H,4-5,8,11H2. The summed E-state index contributed by atoms with van der Waals surface area (Å²) in [4.78, 5) is 0. The van der Waals surface area contributed by atoms with E-state index in [1.165, 1.54) is 5.56 Å². The molecule has 0 saturated heterocycles. The zero-order valence-corrected chi connectivity index (χ0v) is 12.8. The Bertz CT molecular complexity index is 590. The highest BCUT2D eigenvalue weighted by Gasteiger charge is 2.03. The van der Waals surface area contributed by atoms with Crippen molar-refractivity contribution in [2.24, 2.45) is 0 Å². The summed E-state index contributed by atoms with van der Waals surface area (Å²) in [5.74, 6) is 0.662. The molecule has 0 spiro atoms. The quantitative estimate of drug-likeness (QED) is 0.718. The van der Waals surface area contributed by atoms with Gasteiger partial charge in [-0.15, -0.1) is 0 Å². The SMILES string of the molecule is N#Cc1cc(Br)ccc1OCCCCc1ccccc1. The monoisotopic (exact) mass is 329 g/mol. The van der Waals surface area contributed by atoms with Crippen LogP contribution in [0.2, 0.25) is 0 Å². The molecule has 2 aromatic rings. The van der Waals surface area contributed by atoms with Crippen LogP contribution in [0.5, 0.6) is 5.75 Å². The third-order valence-corrected chi connectivity index (χ3v) is 3.52. The lowest BCUT2D eigenvalue weighted by molar-refractivity contribution is 0.306. The van der Waals surface area contributed by atoms with E-state index in [-0.39, 0.29) is 0 Å². The van der Waals surface area contributed by atoms with Crippen LogP contribution >= 0.6 is 15.9 Å². The highest BCUT2D eigenvalue weighted by Crippen LogP contribution is 2.22. The lowest BCUT2D eigenvalue weighted by atomic mass is 10.1. The molecule has 0 aromatic heterocycles. The number of hydrogen-bond acceptors (Lipinski definition) is 2. The molecule has 0 saturated carbocycles. The zero-order chi connectivity index (χ0) is 14.2. The van der Waals surface area contributed by atoms with E-state index in [4.69, 9.17) is 10.00 Å². The lowest BCUT2D eigenvalue weighted by Gasteiger charge is -2.08. The molecule has 0 heterocycles. The van der Waals surface area contributed by atoms with Crippen molar-refractivity contribution in [3.8, 4) is 11.8 Å². The first-order valence-electron chi connectivity index (χ1n) is 6.66. The summed E-state index contributed by atoms with van der Waals surface area (Å²) in [5.41, 5.74) is 1.93. The molecule has 0 aliphatic rings. The molecule has 0 radical (unpaired) electrons. The fourth-order valence-electron chi connectivity index (χ4n) is 1.97. The van der Waals surface area contributed by atoms with Gasteiger partial charge in [-0.1, -0.05) is 46.3 Å². The Hall–Kier alpha value is -1.79.